The van der Waals surface area contributed by atoms with E-state index in [0.29, 0.717) is 0 Å². The van der Waals surface area contributed by atoms with E-state index in [4.69, 9.17) is 11.6 Å². The third kappa shape index (κ3) is 3.90. The highest BCUT2D eigenvalue weighted by molar-refractivity contribution is 7.90. The van der Waals surface area contributed by atoms with E-state index in [1.165, 1.54) is 23.9 Å². The average molecular weight is 421 g/mol. The van der Waals surface area contributed by atoms with E-state index < -0.39 is 33.9 Å². The summed E-state index contributed by atoms with van der Waals surface area (Å²) in [6.07, 6.45) is 0.584. The Balaban J connectivity index is 1.80. The Kier molecular flexibility index (Phi) is 5.12. The second-order valence-corrected chi connectivity index (χ2v) is 8.03. The van der Waals surface area contributed by atoms with Crippen LogP contribution in [0.2, 0.25) is 5.02 Å². The first-order valence-electron chi connectivity index (χ1n) is 7.65. The lowest BCUT2D eigenvalue weighted by atomic mass is 10.2. The molecular weight excluding hydrogens is 406 g/mol. The molecule has 0 unspecified atom stereocenters. The zero-order valence-electron chi connectivity index (χ0n) is 13.9. The van der Waals surface area contributed by atoms with Crippen molar-refractivity contribution in [3.05, 3.63) is 46.7 Å². The summed E-state index contributed by atoms with van der Waals surface area (Å²) >= 11 is 6.14. The van der Waals surface area contributed by atoms with Gasteiger partial charge in [0.15, 0.2) is 11.6 Å². The SMILES string of the molecule is Cn1cc(NS(=O)(=O)N2CC(O)C2)c(Cl)c1C(=O)Nc1ccc(F)c(F)c1. The van der Waals surface area contributed by atoms with Crippen molar-refractivity contribution in [3.63, 3.8) is 0 Å². The fourth-order valence-corrected chi connectivity index (χ4v) is 4.18. The van der Waals surface area contributed by atoms with Crippen LogP contribution in [0.4, 0.5) is 20.2 Å². The third-order valence-electron chi connectivity index (χ3n) is 3.92. The summed E-state index contributed by atoms with van der Waals surface area (Å²) < 4.78 is 55.2. The van der Waals surface area contributed by atoms with Crippen LogP contribution in [-0.2, 0) is 17.3 Å². The molecule has 0 atom stereocenters. The molecule has 8 nitrogen and oxygen atoms in total. The summed E-state index contributed by atoms with van der Waals surface area (Å²) in [7, 11) is -2.46. The quantitative estimate of drug-likeness (QED) is 0.682. The van der Waals surface area contributed by atoms with Crippen molar-refractivity contribution in [2.45, 2.75) is 6.10 Å². The molecule has 1 fully saturated rings. The first kappa shape index (κ1) is 19.5. The highest BCUT2D eigenvalue weighted by Gasteiger charge is 2.35. The number of hydrogen-bond acceptors (Lipinski definition) is 4. The zero-order chi connectivity index (χ0) is 19.9. The highest BCUT2D eigenvalue weighted by Crippen LogP contribution is 2.30. The Morgan fingerprint density at radius 3 is 2.56 bits per heavy atom. The van der Waals surface area contributed by atoms with Crippen LogP contribution in [0.25, 0.3) is 0 Å². The molecule has 0 bridgehead atoms. The minimum absolute atomic E-state index is 0.00728. The Morgan fingerprint density at radius 1 is 1.30 bits per heavy atom. The van der Waals surface area contributed by atoms with Gasteiger partial charge in [0, 0.05) is 38.1 Å². The lowest BCUT2D eigenvalue weighted by Gasteiger charge is -2.34. The van der Waals surface area contributed by atoms with E-state index in [-0.39, 0.29) is 35.2 Å². The van der Waals surface area contributed by atoms with Crippen molar-refractivity contribution in [2.75, 3.05) is 23.1 Å². The van der Waals surface area contributed by atoms with Gasteiger partial charge in [0.2, 0.25) is 0 Å². The van der Waals surface area contributed by atoms with Gasteiger partial charge in [-0.25, -0.2) is 8.78 Å². The van der Waals surface area contributed by atoms with Gasteiger partial charge in [-0.1, -0.05) is 11.6 Å². The largest absolute Gasteiger partial charge is 0.390 e. The van der Waals surface area contributed by atoms with Gasteiger partial charge in [-0.05, 0) is 12.1 Å². The van der Waals surface area contributed by atoms with Crippen molar-refractivity contribution in [1.29, 1.82) is 0 Å². The molecule has 27 heavy (non-hydrogen) atoms. The first-order chi connectivity index (χ1) is 12.6. The maximum Gasteiger partial charge on any atom is 0.301 e. The number of hydrogen-bond donors (Lipinski definition) is 3. The maximum absolute atomic E-state index is 13.3. The molecular formula is C15H15ClF2N4O4S. The molecule has 1 amide bonds. The second-order valence-electron chi connectivity index (χ2n) is 5.98. The minimum Gasteiger partial charge on any atom is -0.390 e. The summed E-state index contributed by atoms with van der Waals surface area (Å²) in [5.41, 5.74) is -0.105. The number of carbonyl (C=O) groups excluding carboxylic acids is 1. The van der Waals surface area contributed by atoms with Gasteiger partial charge in [0.1, 0.15) is 5.69 Å². The van der Waals surface area contributed by atoms with Crippen LogP contribution in [0.3, 0.4) is 0 Å². The summed E-state index contributed by atoms with van der Waals surface area (Å²) in [5, 5.41) is 11.4. The molecule has 0 spiro atoms. The number of β-amino-alcohol motifs (C(OH)–C–C–N with tert-alkyl or cyclic N) is 1. The lowest BCUT2D eigenvalue weighted by molar-refractivity contribution is 0.0552. The van der Waals surface area contributed by atoms with Crippen molar-refractivity contribution < 1.29 is 27.1 Å². The summed E-state index contributed by atoms with van der Waals surface area (Å²) in [6.45, 7) is -0.0769. The molecule has 1 aromatic carbocycles. The molecule has 0 aliphatic carbocycles. The van der Waals surface area contributed by atoms with E-state index in [2.05, 4.69) is 10.0 Å². The number of aromatic nitrogens is 1. The van der Waals surface area contributed by atoms with E-state index in [9.17, 15) is 27.1 Å². The minimum atomic E-state index is -3.93. The third-order valence-corrected chi connectivity index (χ3v) is 5.76. The molecule has 12 heteroatoms. The molecule has 1 aliphatic rings. The van der Waals surface area contributed by atoms with Crippen LogP contribution >= 0.6 is 11.6 Å². The van der Waals surface area contributed by atoms with Gasteiger partial charge in [0.25, 0.3) is 5.91 Å². The molecule has 1 aromatic heterocycles. The molecule has 3 rings (SSSR count). The Bertz CT molecular complexity index is 1010. The van der Waals surface area contributed by atoms with Crippen LogP contribution in [0.1, 0.15) is 10.5 Å². The van der Waals surface area contributed by atoms with Crippen molar-refractivity contribution in [3.8, 4) is 0 Å². The molecule has 1 saturated heterocycles. The Hall–Kier alpha value is -2.21. The van der Waals surface area contributed by atoms with E-state index in [0.717, 1.165) is 16.4 Å². The van der Waals surface area contributed by atoms with Gasteiger partial charge >= 0.3 is 10.2 Å². The van der Waals surface area contributed by atoms with Gasteiger partial charge in [-0.2, -0.15) is 12.7 Å². The van der Waals surface area contributed by atoms with Gasteiger partial charge in [-0.15, -0.1) is 0 Å². The second kappa shape index (κ2) is 7.08. The van der Waals surface area contributed by atoms with Crippen LogP contribution in [0.5, 0.6) is 0 Å². The lowest BCUT2D eigenvalue weighted by Crippen LogP contribution is -2.55. The number of aliphatic hydroxyl groups is 1. The topological polar surface area (TPSA) is 104 Å². The normalized spacial score (nSPS) is 15.4. The predicted molar refractivity (Wildman–Crippen MR) is 94.9 cm³/mol. The summed E-state index contributed by atoms with van der Waals surface area (Å²) in [5.74, 6) is -2.92. The van der Waals surface area contributed by atoms with Gasteiger partial charge < -0.3 is 15.0 Å². The van der Waals surface area contributed by atoms with Crippen LogP contribution in [-0.4, -0.2) is 47.5 Å². The van der Waals surface area contributed by atoms with E-state index in [1.54, 1.807) is 0 Å². The molecule has 1 aliphatic heterocycles. The van der Waals surface area contributed by atoms with E-state index in [1.807, 2.05) is 0 Å². The van der Waals surface area contributed by atoms with E-state index >= 15 is 0 Å². The fraction of sp³-hybridized carbons (Fsp3) is 0.267. The van der Waals surface area contributed by atoms with Crippen molar-refractivity contribution >= 4 is 39.1 Å². The molecule has 0 saturated carbocycles. The molecule has 146 valence electrons. The zero-order valence-corrected chi connectivity index (χ0v) is 15.5. The monoisotopic (exact) mass is 420 g/mol. The number of aliphatic hydroxyl groups excluding tert-OH is 1. The smallest absolute Gasteiger partial charge is 0.301 e. The summed E-state index contributed by atoms with van der Waals surface area (Å²) in [6, 6.07) is 2.84. The number of anilines is 2. The molecule has 3 N–H and O–H groups in total. The molecule has 2 aromatic rings. The maximum atomic E-state index is 13.3. The number of nitrogens with zero attached hydrogens (tertiary/aromatic N) is 2. The van der Waals surface area contributed by atoms with Crippen LogP contribution in [0.15, 0.2) is 24.4 Å². The summed E-state index contributed by atoms with van der Waals surface area (Å²) in [4.78, 5) is 12.4. The van der Waals surface area contributed by atoms with Gasteiger partial charge in [-0.3, -0.25) is 9.52 Å². The number of halogens is 3. The fourth-order valence-electron chi connectivity index (χ4n) is 2.51. The predicted octanol–water partition coefficient (Wildman–Crippen LogP) is 1.54. The van der Waals surface area contributed by atoms with Crippen molar-refractivity contribution in [1.82, 2.24) is 8.87 Å². The Labute approximate surface area is 158 Å². The number of carbonyl (C=O) groups is 1. The highest BCUT2D eigenvalue weighted by atomic mass is 35.5. The van der Waals surface area contributed by atoms with Crippen molar-refractivity contribution in [2.24, 2.45) is 7.05 Å². The number of benzene rings is 1. The number of amides is 1. The number of aryl methyl sites for hydroxylation is 1. The first-order valence-corrected chi connectivity index (χ1v) is 9.47. The number of rotatable bonds is 5. The number of nitrogens with one attached hydrogen (secondary N) is 2. The van der Waals surface area contributed by atoms with Crippen LogP contribution < -0.4 is 10.0 Å². The molecule has 2 heterocycles. The average Bonchev–Trinajstić information content (AvgIpc) is 2.81. The Morgan fingerprint density at radius 2 is 1.96 bits per heavy atom. The standard InChI is InChI=1S/C15H15ClF2N4O4S/c1-21-7-12(20-27(25,26)22-5-9(23)6-22)13(16)14(21)15(24)19-8-2-3-10(17)11(18)4-8/h2-4,7,9,20,23H,5-6H2,1H3,(H,19,24). The molecule has 0 radical (unpaired) electrons. The van der Waals surface area contributed by atoms with Gasteiger partial charge in [0.05, 0.1) is 16.8 Å². The van der Waals surface area contributed by atoms with Crippen LogP contribution in [0, 0.1) is 11.6 Å².